The number of nitrogen functional groups attached to an aromatic ring is 1. The lowest BCUT2D eigenvalue weighted by molar-refractivity contribution is -0.137. The zero-order chi connectivity index (χ0) is 14.0. The number of anilines is 1. The molecule has 0 aliphatic rings. The molecule has 0 bridgehead atoms. The third-order valence-corrected chi connectivity index (χ3v) is 2.49. The van der Waals surface area contributed by atoms with Gasteiger partial charge in [-0.2, -0.15) is 13.2 Å². The first-order valence-electron chi connectivity index (χ1n) is 5.65. The Kier molecular flexibility index (Phi) is 3.41. The van der Waals surface area contributed by atoms with Crippen LogP contribution in [0.5, 0.6) is 0 Å². The molecule has 0 aliphatic carbocycles. The average Bonchev–Trinajstić information content (AvgIpc) is 2.76. The van der Waals surface area contributed by atoms with E-state index in [2.05, 4.69) is 15.3 Å². The predicted molar refractivity (Wildman–Crippen MR) is 63.0 cm³/mol. The number of aryl methyl sites for hydroxylation is 1. The van der Waals surface area contributed by atoms with E-state index in [4.69, 9.17) is 5.73 Å². The van der Waals surface area contributed by atoms with Gasteiger partial charge in [0.25, 0.3) is 0 Å². The maximum atomic E-state index is 12.7. The zero-order valence-electron chi connectivity index (χ0n) is 10.1. The fourth-order valence-corrected chi connectivity index (χ4v) is 1.68. The minimum atomic E-state index is -4.46. The second kappa shape index (κ2) is 4.87. The summed E-state index contributed by atoms with van der Waals surface area (Å²) in [6.45, 7) is 2.48. The molecule has 2 aromatic rings. The van der Waals surface area contributed by atoms with Crippen molar-refractivity contribution in [1.82, 2.24) is 20.0 Å². The zero-order valence-corrected chi connectivity index (χ0v) is 10.1. The van der Waals surface area contributed by atoms with Gasteiger partial charge in [-0.05, 0) is 18.6 Å². The van der Waals surface area contributed by atoms with Crippen LogP contribution in [0.25, 0.3) is 11.4 Å². The second-order valence-electron chi connectivity index (χ2n) is 4.01. The molecule has 2 aromatic heterocycles. The van der Waals surface area contributed by atoms with Gasteiger partial charge in [-0.3, -0.25) is 0 Å². The van der Waals surface area contributed by atoms with Crippen LogP contribution in [0, 0.1) is 0 Å². The highest BCUT2D eigenvalue weighted by Crippen LogP contribution is 2.32. The van der Waals surface area contributed by atoms with E-state index in [9.17, 15) is 13.2 Å². The van der Waals surface area contributed by atoms with E-state index in [1.54, 1.807) is 0 Å². The third kappa shape index (κ3) is 2.83. The summed E-state index contributed by atoms with van der Waals surface area (Å²) in [6.07, 6.45) is -2.31. The summed E-state index contributed by atoms with van der Waals surface area (Å²) >= 11 is 0. The van der Waals surface area contributed by atoms with Gasteiger partial charge < -0.3 is 5.73 Å². The molecule has 102 valence electrons. The smallest absolute Gasteiger partial charge is 0.384 e. The van der Waals surface area contributed by atoms with Crippen molar-refractivity contribution in [3.8, 4) is 11.4 Å². The van der Waals surface area contributed by atoms with Crippen molar-refractivity contribution >= 4 is 5.82 Å². The Morgan fingerprint density at radius 1 is 1.32 bits per heavy atom. The van der Waals surface area contributed by atoms with Crippen molar-refractivity contribution < 1.29 is 13.2 Å². The fourth-order valence-electron chi connectivity index (χ4n) is 1.68. The van der Waals surface area contributed by atoms with Gasteiger partial charge in [0.1, 0.15) is 11.5 Å². The van der Waals surface area contributed by atoms with E-state index in [0.29, 0.717) is 12.2 Å². The molecule has 0 aliphatic heterocycles. The van der Waals surface area contributed by atoms with Crippen molar-refractivity contribution in [1.29, 1.82) is 0 Å². The summed E-state index contributed by atoms with van der Waals surface area (Å²) in [5.74, 6) is -0.186. The summed E-state index contributed by atoms with van der Waals surface area (Å²) in [7, 11) is 0. The molecule has 0 saturated carbocycles. The Hall–Kier alpha value is -2.12. The number of rotatable bonds is 3. The van der Waals surface area contributed by atoms with E-state index in [-0.39, 0.29) is 11.5 Å². The van der Waals surface area contributed by atoms with Crippen molar-refractivity contribution in [2.45, 2.75) is 26.1 Å². The Balaban J connectivity index is 2.50. The highest BCUT2D eigenvalue weighted by molar-refractivity contribution is 5.57. The first-order chi connectivity index (χ1) is 8.91. The number of halogens is 3. The number of pyridine rings is 1. The minimum absolute atomic E-state index is 0.116. The normalized spacial score (nSPS) is 11.8. The summed E-state index contributed by atoms with van der Waals surface area (Å²) in [5, 5.41) is 7.50. The van der Waals surface area contributed by atoms with E-state index in [1.807, 2.05) is 6.92 Å². The van der Waals surface area contributed by atoms with Gasteiger partial charge in [-0.1, -0.05) is 12.1 Å². The van der Waals surface area contributed by atoms with Crippen molar-refractivity contribution in [2.24, 2.45) is 0 Å². The number of aromatic nitrogens is 4. The van der Waals surface area contributed by atoms with E-state index >= 15 is 0 Å². The molecule has 19 heavy (non-hydrogen) atoms. The first-order valence-corrected chi connectivity index (χ1v) is 5.65. The highest BCUT2D eigenvalue weighted by atomic mass is 19.4. The lowest BCUT2D eigenvalue weighted by atomic mass is 10.2. The van der Waals surface area contributed by atoms with Crippen LogP contribution in [0.4, 0.5) is 19.0 Å². The maximum Gasteiger partial charge on any atom is 0.416 e. The lowest BCUT2D eigenvalue weighted by Gasteiger charge is -2.10. The van der Waals surface area contributed by atoms with Crippen LogP contribution < -0.4 is 5.73 Å². The first kappa shape index (κ1) is 13.3. The van der Waals surface area contributed by atoms with Gasteiger partial charge in [0.05, 0.1) is 17.5 Å². The molecule has 2 rings (SSSR count). The largest absolute Gasteiger partial charge is 0.416 e. The molecule has 2 heterocycles. The van der Waals surface area contributed by atoms with Crippen LogP contribution in [0.1, 0.15) is 18.9 Å². The van der Waals surface area contributed by atoms with Gasteiger partial charge in [0.2, 0.25) is 0 Å². The van der Waals surface area contributed by atoms with Gasteiger partial charge in [-0.15, -0.1) is 5.10 Å². The molecule has 5 nitrogen and oxygen atoms in total. The Morgan fingerprint density at radius 3 is 2.68 bits per heavy atom. The number of nitrogens with two attached hydrogens (primary N) is 1. The molecule has 0 amide bonds. The standard InChI is InChI=1S/C11H12F3N5/c1-2-3-19-9(6-16-18-19)8-4-7(11(12,13)14)5-10(15)17-8/h4-6H,2-3H2,1H3,(H2,15,17). The van der Waals surface area contributed by atoms with Crippen molar-refractivity contribution in [2.75, 3.05) is 5.73 Å². The molecule has 0 spiro atoms. The second-order valence-corrected chi connectivity index (χ2v) is 4.01. The SMILES string of the molecule is CCCn1nncc1-c1cc(C(F)(F)F)cc(N)n1. The van der Waals surface area contributed by atoms with Crippen LogP contribution in [0.15, 0.2) is 18.3 Å². The molecule has 0 saturated heterocycles. The Morgan fingerprint density at radius 2 is 2.05 bits per heavy atom. The molecule has 0 unspecified atom stereocenters. The summed E-state index contributed by atoms with van der Waals surface area (Å²) in [5.41, 5.74) is 5.12. The van der Waals surface area contributed by atoms with Gasteiger partial charge in [-0.25, -0.2) is 9.67 Å². The van der Waals surface area contributed by atoms with Crippen LogP contribution >= 0.6 is 0 Å². The Bertz CT molecular complexity index is 576. The Labute approximate surface area is 107 Å². The lowest BCUT2D eigenvalue weighted by Crippen LogP contribution is -2.09. The quantitative estimate of drug-likeness (QED) is 0.930. The maximum absolute atomic E-state index is 12.7. The fraction of sp³-hybridized carbons (Fsp3) is 0.364. The average molecular weight is 271 g/mol. The number of hydrogen-bond donors (Lipinski definition) is 1. The molecule has 0 aromatic carbocycles. The van der Waals surface area contributed by atoms with Crippen LogP contribution in [-0.2, 0) is 12.7 Å². The number of alkyl halides is 3. The number of nitrogens with zero attached hydrogens (tertiary/aromatic N) is 4. The minimum Gasteiger partial charge on any atom is -0.384 e. The molecular formula is C11H12F3N5. The third-order valence-electron chi connectivity index (χ3n) is 2.49. The molecule has 2 N–H and O–H groups in total. The van der Waals surface area contributed by atoms with Crippen molar-refractivity contribution in [3.05, 3.63) is 23.9 Å². The molecule has 8 heteroatoms. The molecular weight excluding hydrogens is 259 g/mol. The topological polar surface area (TPSA) is 69.6 Å². The van der Waals surface area contributed by atoms with Gasteiger partial charge in [0.15, 0.2) is 0 Å². The van der Waals surface area contributed by atoms with Crippen LogP contribution in [0.2, 0.25) is 0 Å². The van der Waals surface area contributed by atoms with Gasteiger partial charge >= 0.3 is 6.18 Å². The molecule has 0 radical (unpaired) electrons. The number of hydrogen-bond acceptors (Lipinski definition) is 4. The molecule has 0 atom stereocenters. The predicted octanol–water partition coefficient (Wildman–Crippen LogP) is 2.35. The molecule has 0 fully saturated rings. The summed E-state index contributed by atoms with van der Waals surface area (Å²) in [6, 6.07) is 1.75. The van der Waals surface area contributed by atoms with E-state index in [0.717, 1.165) is 18.6 Å². The van der Waals surface area contributed by atoms with Gasteiger partial charge in [0, 0.05) is 6.54 Å². The van der Waals surface area contributed by atoms with E-state index < -0.39 is 11.7 Å². The monoisotopic (exact) mass is 271 g/mol. The highest BCUT2D eigenvalue weighted by Gasteiger charge is 2.31. The van der Waals surface area contributed by atoms with E-state index in [1.165, 1.54) is 10.9 Å². The van der Waals surface area contributed by atoms with Crippen LogP contribution in [-0.4, -0.2) is 20.0 Å². The van der Waals surface area contributed by atoms with Crippen molar-refractivity contribution in [3.63, 3.8) is 0 Å². The summed E-state index contributed by atoms with van der Waals surface area (Å²) in [4.78, 5) is 3.91. The summed E-state index contributed by atoms with van der Waals surface area (Å²) < 4.78 is 39.7. The van der Waals surface area contributed by atoms with Crippen LogP contribution in [0.3, 0.4) is 0 Å².